The van der Waals surface area contributed by atoms with Crippen LogP contribution < -0.4 is 5.32 Å². The fourth-order valence-corrected chi connectivity index (χ4v) is 3.82. The monoisotopic (exact) mass is 359 g/mol. The zero-order valence-electron chi connectivity index (χ0n) is 11.4. The quantitative estimate of drug-likeness (QED) is 0.740. The van der Waals surface area contributed by atoms with Gasteiger partial charge >= 0.3 is 6.18 Å². The molecule has 0 spiro atoms. The summed E-state index contributed by atoms with van der Waals surface area (Å²) < 4.78 is 44.1. The first-order valence-corrected chi connectivity index (χ1v) is 7.97. The molecule has 2 aromatic heterocycles. The molecule has 0 radical (unpaired) electrons. The van der Waals surface area contributed by atoms with Crippen molar-refractivity contribution in [3.8, 4) is 10.8 Å². The molecule has 0 unspecified atom stereocenters. The summed E-state index contributed by atoms with van der Waals surface area (Å²) in [5.74, 6) is 1.03. The van der Waals surface area contributed by atoms with E-state index in [4.69, 9.17) is 16.1 Å². The molecule has 3 heterocycles. The Labute approximate surface area is 137 Å². The Hall–Kier alpha value is -1.64. The van der Waals surface area contributed by atoms with Gasteiger partial charge in [0.05, 0.1) is 10.6 Å². The van der Waals surface area contributed by atoms with Crippen LogP contribution in [-0.4, -0.2) is 23.2 Å². The minimum absolute atomic E-state index is 0.206. The SMILES string of the molecule is FC(F)(F)c1ccc2c(Cl)c(-c3nc(C4CNC4)no3)sc2c1. The molecule has 1 saturated heterocycles. The van der Waals surface area contributed by atoms with E-state index in [1.807, 2.05) is 0 Å². The van der Waals surface area contributed by atoms with E-state index in [0.717, 1.165) is 36.6 Å². The summed E-state index contributed by atoms with van der Waals surface area (Å²) in [7, 11) is 0. The molecule has 0 amide bonds. The van der Waals surface area contributed by atoms with Gasteiger partial charge in [-0.3, -0.25) is 0 Å². The number of aromatic nitrogens is 2. The van der Waals surface area contributed by atoms with Gasteiger partial charge in [-0.1, -0.05) is 22.8 Å². The fraction of sp³-hybridized carbons (Fsp3) is 0.286. The normalized spacial score (nSPS) is 16.0. The van der Waals surface area contributed by atoms with Crippen LogP contribution in [0.5, 0.6) is 0 Å². The molecule has 9 heteroatoms. The Morgan fingerprint density at radius 3 is 2.74 bits per heavy atom. The van der Waals surface area contributed by atoms with Crippen LogP contribution in [0.2, 0.25) is 5.02 Å². The number of rotatable bonds is 2. The van der Waals surface area contributed by atoms with Crippen LogP contribution in [0.3, 0.4) is 0 Å². The third kappa shape index (κ3) is 2.50. The number of benzene rings is 1. The molecular formula is C14H9ClF3N3OS. The van der Waals surface area contributed by atoms with E-state index < -0.39 is 11.7 Å². The van der Waals surface area contributed by atoms with Crippen LogP contribution in [0.15, 0.2) is 22.7 Å². The second-order valence-electron chi connectivity index (χ2n) is 5.27. The summed E-state index contributed by atoms with van der Waals surface area (Å²) >= 11 is 7.40. The number of alkyl halides is 3. The van der Waals surface area contributed by atoms with Crippen LogP contribution >= 0.6 is 22.9 Å². The second-order valence-corrected chi connectivity index (χ2v) is 6.70. The van der Waals surface area contributed by atoms with E-state index in [-0.39, 0.29) is 11.8 Å². The van der Waals surface area contributed by atoms with E-state index in [9.17, 15) is 13.2 Å². The van der Waals surface area contributed by atoms with Gasteiger partial charge < -0.3 is 9.84 Å². The van der Waals surface area contributed by atoms with Crippen molar-refractivity contribution in [1.82, 2.24) is 15.5 Å². The van der Waals surface area contributed by atoms with Crippen LogP contribution in [0.4, 0.5) is 13.2 Å². The summed E-state index contributed by atoms with van der Waals surface area (Å²) in [5.41, 5.74) is -0.707. The second kappa shape index (κ2) is 5.19. The molecular weight excluding hydrogens is 351 g/mol. The van der Waals surface area contributed by atoms with E-state index in [0.29, 0.717) is 25.8 Å². The predicted molar refractivity (Wildman–Crippen MR) is 80.7 cm³/mol. The molecule has 0 atom stereocenters. The van der Waals surface area contributed by atoms with E-state index in [1.165, 1.54) is 6.07 Å². The first-order chi connectivity index (χ1) is 10.9. The molecule has 4 rings (SSSR count). The van der Waals surface area contributed by atoms with Gasteiger partial charge in [-0.25, -0.2) is 0 Å². The Morgan fingerprint density at radius 1 is 1.30 bits per heavy atom. The van der Waals surface area contributed by atoms with Crippen LogP contribution in [0.1, 0.15) is 17.3 Å². The highest BCUT2D eigenvalue weighted by Gasteiger charge is 2.31. The Bertz CT molecular complexity index is 885. The van der Waals surface area contributed by atoms with E-state index >= 15 is 0 Å². The lowest BCUT2D eigenvalue weighted by atomic mass is 10.0. The zero-order valence-corrected chi connectivity index (χ0v) is 13.0. The molecule has 1 fully saturated rings. The number of nitrogens with one attached hydrogen (secondary N) is 1. The highest BCUT2D eigenvalue weighted by atomic mass is 35.5. The average molecular weight is 360 g/mol. The van der Waals surface area contributed by atoms with Crippen molar-refractivity contribution < 1.29 is 17.7 Å². The van der Waals surface area contributed by atoms with Gasteiger partial charge in [0.25, 0.3) is 5.89 Å². The maximum atomic E-state index is 12.8. The number of hydrogen-bond acceptors (Lipinski definition) is 5. The number of halogens is 4. The first-order valence-electron chi connectivity index (χ1n) is 6.77. The third-order valence-corrected chi connectivity index (χ3v) is 5.38. The number of fused-ring (bicyclic) bond motifs is 1. The Kier molecular flexibility index (Phi) is 3.36. The van der Waals surface area contributed by atoms with Crippen molar-refractivity contribution in [3.63, 3.8) is 0 Å². The van der Waals surface area contributed by atoms with Crippen LogP contribution in [0, 0.1) is 0 Å². The lowest BCUT2D eigenvalue weighted by Crippen LogP contribution is -2.40. The topological polar surface area (TPSA) is 51.0 Å². The van der Waals surface area contributed by atoms with Crippen molar-refractivity contribution in [2.75, 3.05) is 13.1 Å². The molecule has 3 aromatic rings. The van der Waals surface area contributed by atoms with Crippen LogP contribution in [0.25, 0.3) is 20.9 Å². The maximum absolute atomic E-state index is 12.8. The van der Waals surface area contributed by atoms with Gasteiger partial charge in [0, 0.05) is 29.1 Å². The molecule has 1 N–H and O–H groups in total. The van der Waals surface area contributed by atoms with Gasteiger partial charge in [-0.2, -0.15) is 18.2 Å². The summed E-state index contributed by atoms with van der Waals surface area (Å²) in [4.78, 5) is 4.81. The Balaban J connectivity index is 1.77. The molecule has 0 aliphatic carbocycles. The summed E-state index contributed by atoms with van der Waals surface area (Å²) in [5, 5.41) is 7.91. The molecule has 23 heavy (non-hydrogen) atoms. The van der Waals surface area contributed by atoms with E-state index in [2.05, 4.69) is 15.5 Å². The van der Waals surface area contributed by atoms with Crippen LogP contribution in [-0.2, 0) is 6.18 Å². The standard InChI is InChI=1S/C14H9ClF3N3OS/c15-10-8-2-1-7(14(16,17)18)3-9(8)23-11(10)13-20-12(21-22-13)6-4-19-5-6/h1-3,6,19H,4-5H2. The molecule has 120 valence electrons. The minimum Gasteiger partial charge on any atom is -0.333 e. The van der Waals surface area contributed by atoms with Crippen molar-refractivity contribution in [2.45, 2.75) is 12.1 Å². The van der Waals surface area contributed by atoms with Gasteiger partial charge in [-0.15, -0.1) is 11.3 Å². The highest BCUT2D eigenvalue weighted by Crippen LogP contribution is 2.43. The maximum Gasteiger partial charge on any atom is 0.416 e. The average Bonchev–Trinajstić information content (AvgIpc) is 3.01. The molecule has 1 aliphatic heterocycles. The van der Waals surface area contributed by atoms with Crippen molar-refractivity contribution >= 4 is 33.0 Å². The molecule has 1 aliphatic rings. The van der Waals surface area contributed by atoms with E-state index in [1.54, 1.807) is 0 Å². The summed E-state index contributed by atoms with van der Waals surface area (Å²) in [6.45, 7) is 1.57. The zero-order chi connectivity index (χ0) is 16.2. The number of nitrogens with zero attached hydrogens (tertiary/aromatic N) is 2. The largest absolute Gasteiger partial charge is 0.416 e. The van der Waals surface area contributed by atoms with Crippen molar-refractivity contribution in [3.05, 3.63) is 34.6 Å². The molecule has 0 bridgehead atoms. The lowest BCUT2D eigenvalue weighted by molar-refractivity contribution is -0.137. The Morgan fingerprint density at radius 2 is 2.09 bits per heavy atom. The lowest BCUT2D eigenvalue weighted by Gasteiger charge is -2.23. The molecule has 0 saturated carbocycles. The van der Waals surface area contributed by atoms with Gasteiger partial charge in [0.2, 0.25) is 0 Å². The van der Waals surface area contributed by atoms with Crippen molar-refractivity contribution in [2.24, 2.45) is 0 Å². The van der Waals surface area contributed by atoms with Gasteiger partial charge in [-0.05, 0) is 12.1 Å². The molecule has 4 nitrogen and oxygen atoms in total. The smallest absolute Gasteiger partial charge is 0.333 e. The first kappa shape index (κ1) is 14.9. The number of hydrogen-bond donors (Lipinski definition) is 1. The van der Waals surface area contributed by atoms with Gasteiger partial charge in [0.15, 0.2) is 5.82 Å². The summed E-state index contributed by atoms with van der Waals surface area (Å²) in [6, 6.07) is 3.47. The predicted octanol–water partition coefficient (Wildman–Crippen LogP) is 4.31. The minimum atomic E-state index is -4.39. The van der Waals surface area contributed by atoms with Crippen molar-refractivity contribution in [1.29, 1.82) is 0 Å². The molecule has 1 aromatic carbocycles. The highest BCUT2D eigenvalue weighted by molar-refractivity contribution is 7.23. The number of thiophene rings is 1. The third-order valence-electron chi connectivity index (χ3n) is 3.74. The summed E-state index contributed by atoms with van der Waals surface area (Å²) in [6.07, 6.45) is -4.39. The van der Waals surface area contributed by atoms with Gasteiger partial charge in [0.1, 0.15) is 4.88 Å². The fourth-order valence-electron chi connectivity index (χ4n) is 2.34.